The van der Waals surface area contributed by atoms with Crippen molar-refractivity contribution in [1.82, 2.24) is 0 Å². The molecule has 0 radical (unpaired) electrons. The van der Waals surface area contributed by atoms with E-state index in [1.807, 2.05) is 0 Å². The van der Waals surface area contributed by atoms with Gasteiger partial charge in [0.1, 0.15) is 0 Å². The molecule has 17 heavy (non-hydrogen) atoms. The van der Waals surface area contributed by atoms with Crippen LogP contribution in [0, 0.1) is 10.1 Å². The van der Waals surface area contributed by atoms with Gasteiger partial charge in [-0.3, -0.25) is 15.1 Å². The van der Waals surface area contributed by atoms with Gasteiger partial charge in [0.05, 0.1) is 22.4 Å². The van der Waals surface area contributed by atoms with Crippen molar-refractivity contribution in [2.45, 2.75) is 31.7 Å². The average molecular weight is 233 g/mol. The van der Waals surface area contributed by atoms with Crippen molar-refractivity contribution in [3.05, 3.63) is 39.9 Å². The zero-order valence-electron chi connectivity index (χ0n) is 9.50. The minimum atomic E-state index is -0.355. The van der Waals surface area contributed by atoms with Gasteiger partial charge in [-0.2, -0.15) is 0 Å². The van der Waals surface area contributed by atoms with Crippen LogP contribution in [-0.2, 0) is 0 Å². The molecule has 0 saturated heterocycles. The van der Waals surface area contributed by atoms with Gasteiger partial charge in [-0.05, 0) is 18.9 Å². The molecule has 2 N–H and O–H groups in total. The molecule has 2 rings (SSSR count). The van der Waals surface area contributed by atoms with E-state index in [9.17, 15) is 10.1 Å². The van der Waals surface area contributed by atoms with Crippen molar-refractivity contribution >= 4 is 11.5 Å². The summed E-state index contributed by atoms with van der Waals surface area (Å²) >= 11 is 0. The highest BCUT2D eigenvalue weighted by atomic mass is 16.6. The topological polar surface area (TPSA) is 81.5 Å². The van der Waals surface area contributed by atoms with Gasteiger partial charge < -0.3 is 5.73 Å². The van der Waals surface area contributed by atoms with Crippen molar-refractivity contribution in [3.8, 4) is 0 Å². The molecule has 5 nitrogen and oxygen atoms in total. The third-order valence-corrected chi connectivity index (χ3v) is 2.97. The van der Waals surface area contributed by atoms with E-state index in [1.165, 1.54) is 6.07 Å². The second-order valence-corrected chi connectivity index (χ2v) is 4.20. The summed E-state index contributed by atoms with van der Waals surface area (Å²) in [6, 6.07) is 6.60. The maximum atomic E-state index is 11.0. The van der Waals surface area contributed by atoms with Crippen LogP contribution in [0.3, 0.4) is 0 Å². The second-order valence-electron chi connectivity index (χ2n) is 4.20. The molecule has 0 spiro atoms. The summed E-state index contributed by atoms with van der Waals surface area (Å²) < 4.78 is 0. The van der Waals surface area contributed by atoms with Gasteiger partial charge in [0, 0.05) is 12.5 Å². The van der Waals surface area contributed by atoms with Gasteiger partial charge in [0.25, 0.3) is 5.69 Å². The molecule has 5 heteroatoms. The summed E-state index contributed by atoms with van der Waals surface area (Å²) in [5, 5.41) is 11.0. The van der Waals surface area contributed by atoms with E-state index >= 15 is 0 Å². The first kappa shape index (κ1) is 11.6. The fraction of sp³-hybridized carbons (Fsp3) is 0.417. The SMILES string of the molecule is NC1=NC(c2ccccc2[N+](=O)[O-])CCCC1. The van der Waals surface area contributed by atoms with E-state index in [0.29, 0.717) is 11.4 Å². The first-order valence-electron chi connectivity index (χ1n) is 5.74. The Morgan fingerprint density at radius 3 is 2.88 bits per heavy atom. The van der Waals surface area contributed by atoms with Crippen LogP contribution in [0.4, 0.5) is 5.69 Å². The van der Waals surface area contributed by atoms with Gasteiger partial charge in [0.2, 0.25) is 0 Å². The Hall–Kier alpha value is -1.91. The smallest absolute Gasteiger partial charge is 0.274 e. The Bertz CT molecular complexity index is 457. The summed E-state index contributed by atoms with van der Waals surface area (Å²) in [5.74, 6) is 0.602. The summed E-state index contributed by atoms with van der Waals surface area (Å²) in [4.78, 5) is 15.0. The van der Waals surface area contributed by atoms with E-state index in [2.05, 4.69) is 4.99 Å². The fourth-order valence-electron chi connectivity index (χ4n) is 2.13. The van der Waals surface area contributed by atoms with Gasteiger partial charge >= 0.3 is 0 Å². The number of nitro benzene ring substituents is 1. The highest BCUT2D eigenvalue weighted by Crippen LogP contribution is 2.32. The van der Waals surface area contributed by atoms with Gasteiger partial charge in [0.15, 0.2) is 0 Å². The lowest BCUT2D eigenvalue weighted by Gasteiger charge is -2.11. The first-order valence-corrected chi connectivity index (χ1v) is 5.74. The second kappa shape index (κ2) is 4.95. The van der Waals surface area contributed by atoms with Crippen LogP contribution in [0.5, 0.6) is 0 Å². The fourth-order valence-corrected chi connectivity index (χ4v) is 2.13. The third-order valence-electron chi connectivity index (χ3n) is 2.97. The first-order chi connectivity index (χ1) is 8.18. The van der Waals surface area contributed by atoms with Crippen LogP contribution in [0.15, 0.2) is 29.3 Å². The minimum Gasteiger partial charge on any atom is -0.387 e. The average Bonchev–Trinajstić information content (AvgIpc) is 2.54. The van der Waals surface area contributed by atoms with E-state index < -0.39 is 0 Å². The Morgan fingerprint density at radius 1 is 1.35 bits per heavy atom. The Kier molecular flexibility index (Phi) is 3.37. The maximum absolute atomic E-state index is 11.0. The molecule has 0 saturated carbocycles. The number of nitro groups is 1. The number of rotatable bonds is 2. The van der Waals surface area contributed by atoms with Crippen LogP contribution in [0.25, 0.3) is 0 Å². The molecule has 0 amide bonds. The summed E-state index contributed by atoms with van der Waals surface area (Å²) in [6.07, 6.45) is 3.62. The van der Waals surface area contributed by atoms with E-state index in [-0.39, 0.29) is 16.7 Å². The Labute approximate surface area is 99.5 Å². The lowest BCUT2D eigenvalue weighted by Crippen LogP contribution is -2.11. The molecule has 0 aromatic heterocycles. The summed E-state index contributed by atoms with van der Waals surface area (Å²) in [6.45, 7) is 0. The molecule has 0 bridgehead atoms. The number of hydrogen-bond donors (Lipinski definition) is 1. The largest absolute Gasteiger partial charge is 0.387 e. The highest BCUT2D eigenvalue weighted by molar-refractivity contribution is 5.80. The molecule has 1 aliphatic rings. The van der Waals surface area contributed by atoms with E-state index in [4.69, 9.17) is 5.73 Å². The van der Waals surface area contributed by atoms with Crippen LogP contribution in [0.2, 0.25) is 0 Å². The summed E-state index contributed by atoms with van der Waals surface area (Å²) in [5.41, 5.74) is 6.57. The van der Waals surface area contributed by atoms with E-state index in [0.717, 1.165) is 25.7 Å². The van der Waals surface area contributed by atoms with Crippen LogP contribution in [-0.4, -0.2) is 10.8 Å². The van der Waals surface area contributed by atoms with Crippen molar-refractivity contribution < 1.29 is 4.92 Å². The number of para-hydroxylation sites is 1. The zero-order valence-corrected chi connectivity index (χ0v) is 9.50. The van der Waals surface area contributed by atoms with Gasteiger partial charge in [-0.25, -0.2) is 0 Å². The Morgan fingerprint density at radius 2 is 2.12 bits per heavy atom. The molecule has 0 aliphatic carbocycles. The van der Waals surface area contributed by atoms with Crippen molar-refractivity contribution in [2.24, 2.45) is 10.7 Å². The number of amidine groups is 1. The van der Waals surface area contributed by atoms with Crippen LogP contribution < -0.4 is 5.73 Å². The van der Waals surface area contributed by atoms with Crippen LogP contribution >= 0.6 is 0 Å². The maximum Gasteiger partial charge on any atom is 0.274 e. The predicted octanol–water partition coefficient (Wildman–Crippen LogP) is 2.57. The molecule has 1 heterocycles. The number of nitrogens with two attached hydrogens (primary N) is 1. The molecule has 0 fully saturated rings. The molecular formula is C12H15N3O2. The monoisotopic (exact) mass is 233 g/mol. The Balaban J connectivity index is 2.38. The highest BCUT2D eigenvalue weighted by Gasteiger charge is 2.22. The number of nitrogens with zero attached hydrogens (tertiary/aromatic N) is 2. The van der Waals surface area contributed by atoms with Crippen molar-refractivity contribution in [3.63, 3.8) is 0 Å². The standard InChI is InChI=1S/C12H15N3O2/c13-12-8-4-2-6-10(14-12)9-5-1-3-7-11(9)15(16)17/h1,3,5,7,10H,2,4,6,8H2,(H2,13,14). The number of aliphatic imine (C=N–C) groups is 1. The lowest BCUT2D eigenvalue weighted by atomic mass is 10.0. The molecule has 1 atom stereocenters. The normalized spacial score (nSPS) is 20.5. The third kappa shape index (κ3) is 2.61. The molecule has 1 aliphatic heterocycles. The van der Waals surface area contributed by atoms with Crippen LogP contribution in [0.1, 0.15) is 37.3 Å². The molecule has 1 unspecified atom stereocenters. The molecule has 1 aromatic rings. The zero-order chi connectivity index (χ0) is 12.3. The lowest BCUT2D eigenvalue weighted by molar-refractivity contribution is -0.385. The van der Waals surface area contributed by atoms with E-state index in [1.54, 1.807) is 18.2 Å². The van der Waals surface area contributed by atoms with Gasteiger partial charge in [-0.1, -0.05) is 18.6 Å². The minimum absolute atomic E-state index is 0.135. The van der Waals surface area contributed by atoms with Crippen molar-refractivity contribution in [2.75, 3.05) is 0 Å². The molecule has 1 aromatic carbocycles. The predicted molar refractivity (Wildman–Crippen MR) is 65.9 cm³/mol. The number of benzene rings is 1. The quantitative estimate of drug-likeness (QED) is 0.629. The van der Waals surface area contributed by atoms with Gasteiger partial charge in [-0.15, -0.1) is 0 Å². The molecule has 90 valence electrons. The summed E-state index contributed by atoms with van der Waals surface area (Å²) in [7, 11) is 0. The van der Waals surface area contributed by atoms with Crippen molar-refractivity contribution in [1.29, 1.82) is 0 Å². The number of hydrogen-bond acceptors (Lipinski definition) is 4. The molecular weight excluding hydrogens is 218 g/mol.